The first-order valence-corrected chi connectivity index (χ1v) is 10.2. The molecule has 1 unspecified atom stereocenters. The summed E-state index contributed by atoms with van der Waals surface area (Å²) in [6.45, 7) is 6.34. The van der Waals surface area contributed by atoms with Crippen molar-refractivity contribution >= 4 is 12.0 Å². The topological polar surface area (TPSA) is 65.4 Å². The Hall–Kier alpha value is -3.54. The van der Waals surface area contributed by atoms with E-state index in [0.29, 0.717) is 6.61 Å². The van der Waals surface area contributed by atoms with Crippen molar-refractivity contribution in [3.8, 4) is 11.5 Å². The zero-order valence-corrected chi connectivity index (χ0v) is 18.7. The average Bonchev–Trinajstić information content (AvgIpc) is 3.10. The highest BCUT2D eigenvalue weighted by molar-refractivity contribution is 5.92. The maximum Gasteiger partial charge on any atom is 0.244 e. The average molecular weight is 420 g/mol. The Morgan fingerprint density at radius 1 is 1.19 bits per heavy atom. The number of ether oxygens (including phenoxy) is 2. The fourth-order valence-electron chi connectivity index (χ4n) is 3.26. The minimum Gasteiger partial charge on any atom is -0.496 e. The summed E-state index contributed by atoms with van der Waals surface area (Å²) >= 11 is 0. The number of benzene rings is 2. The second-order valence-corrected chi connectivity index (χ2v) is 7.55. The number of hydrogen-bond acceptors (Lipinski definition) is 4. The Morgan fingerprint density at radius 3 is 2.58 bits per heavy atom. The van der Waals surface area contributed by atoms with Gasteiger partial charge in [-0.15, -0.1) is 0 Å². The molecule has 0 aliphatic heterocycles. The number of amides is 1. The summed E-state index contributed by atoms with van der Waals surface area (Å²) in [5.41, 5.74) is 5.02. The molecule has 0 spiro atoms. The minimum absolute atomic E-state index is 0.125. The summed E-state index contributed by atoms with van der Waals surface area (Å²) in [6, 6.07) is 13.5. The second-order valence-electron chi connectivity index (χ2n) is 7.55. The fraction of sp³-hybridized carbons (Fsp3) is 0.280. The number of nitrogens with zero attached hydrogens (tertiary/aromatic N) is 2. The lowest BCUT2D eigenvalue weighted by atomic mass is 10.1. The molecule has 0 bridgehead atoms. The number of aryl methyl sites for hydroxylation is 2. The Bertz CT molecular complexity index is 1070. The first-order valence-electron chi connectivity index (χ1n) is 10.2. The van der Waals surface area contributed by atoms with Crippen molar-refractivity contribution in [2.24, 2.45) is 7.05 Å². The van der Waals surface area contributed by atoms with Gasteiger partial charge in [0.2, 0.25) is 5.91 Å². The van der Waals surface area contributed by atoms with Gasteiger partial charge in [-0.3, -0.25) is 9.48 Å². The molecule has 0 radical (unpaired) electrons. The molecule has 162 valence electrons. The molecule has 0 aliphatic carbocycles. The van der Waals surface area contributed by atoms with Crippen LogP contribution in [0.4, 0.5) is 0 Å². The van der Waals surface area contributed by atoms with Gasteiger partial charge >= 0.3 is 0 Å². The van der Waals surface area contributed by atoms with E-state index in [-0.39, 0.29) is 11.9 Å². The van der Waals surface area contributed by atoms with Gasteiger partial charge in [0.05, 0.1) is 19.3 Å². The summed E-state index contributed by atoms with van der Waals surface area (Å²) in [4.78, 5) is 12.4. The molecule has 6 nitrogen and oxygen atoms in total. The minimum atomic E-state index is -0.163. The van der Waals surface area contributed by atoms with Crippen molar-refractivity contribution < 1.29 is 14.3 Å². The highest BCUT2D eigenvalue weighted by Gasteiger charge is 2.13. The summed E-state index contributed by atoms with van der Waals surface area (Å²) in [5.74, 6) is 1.38. The normalized spacial score (nSPS) is 12.0. The Kier molecular flexibility index (Phi) is 7.13. The van der Waals surface area contributed by atoms with Crippen LogP contribution in [0.5, 0.6) is 11.5 Å². The number of rotatable bonds is 8. The number of methoxy groups -OCH3 is 1. The molecule has 3 rings (SSSR count). The SMILES string of the molecule is COc1ccc(/C=C/C(=O)NC(C)c2cnn(C)c2C)cc1COc1ccc(C)cc1. The van der Waals surface area contributed by atoms with Crippen molar-refractivity contribution in [3.05, 3.63) is 82.7 Å². The highest BCUT2D eigenvalue weighted by Crippen LogP contribution is 2.23. The number of carbonyl (C=O) groups excluding carboxylic acids is 1. The molecule has 6 heteroatoms. The van der Waals surface area contributed by atoms with E-state index in [1.54, 1.807) is 24.1 Å². The molecule has 0 saturated carbocycles. The smallest absolute Gasteiger partial charge is 0.244 e. The third kappa shape index (κ3) is 5.75. The third-order valence-electron chi connectivity index (χ3n) is 5.25. The van der Waals surface area contributed by atoms with Crippen molar-refractivity contribution in [2.75, 3.05) is 7.11 Å². The van der Waals surface area contributed by atoms with E-state index in [1.165, 1.54) is 11.6 Å². The van der Waals surface area contributed by atoms with Crippen LogP contribution >= 0.6 is 0 Å². The summed E-state index contributed by atoms with van der Waals surface area (Å²) in [6.07, 6.45) is 5.11. The van der Waals surface area contributed by atoms with Crippen LogP contribution in [0.25, 0.3) is 6.08 Å². The van der Waals surface area contributed by atoms with Gasteiger partial charge in [-0.1, -0.05) is 23.8 Å². The highest BCUT2D eigenvalue weighted by atomic mass is 16.5. The van der Waals surface area contributed by atoms with Gasteiger partial charge in [-0.25, -0.2) is 0 Å². The fourth-order valence-corrected chi connectivity index (χ4v) is 3.26. The van der Waals surface area contributed by atoms with Crippen LogP contribution in [-0.4, -0.2) is 22.8 Å². The first-order chi connectivity index (χ1) is 14.9. The van der Waals surface area contributed by atoms with E-state index < -0.39 is 0 Å². The lowest BCUT2D eigenvalue weighted by Gasteiger charge is -2.12. The Morgan fingerprint density at radius 2 is 1.94 bits per heavy atom. The van der Waals surface area contributed by atoms with Crippen LogP contribution in [0.3, 0.4) is 0 Å². The number of nitrogens with one attached hydrogen (secondary N) is 1. The van der Waals surface area contributed by atoms with Crippen LogP contribution < -0.4 is 14.8 Å². The maximum atomic E-state index is 12.4. The van der Waals surface area contributed by atoms with Gasteiger partial charge < -0.3 is 14.8 Å². The predicted octanol–water partition coefficient (Wildman–Crippen LogP) is 4.52. The summed E-state index contributed by atoms with van der Waals surface area (Å²) in [5, 5.41) is 7.21. The Balaban J connectivity index is 1.65. The lowest BCUT2D eigenvalue weighted by molar-refractivity contribution is -0.117. The van der Waals surface area contributed by atoms with E-state index in [2.05, 4.69) is 10.4 Å². The van der Waals surface area contributed by atoms with Crippen LogP contribution in [0.15, 0.2) is 54.7 Å². The molecule has 1 aromatic heterocycles. The molecule has 1 amide bonds. The molecule has 0 fully saturated rings. The number of aromatic nitrogens is 2. The number of carbonyl (C=O) groups is 1. The largest absolute Gasteiger partial charge is 0.496 e. The summed E-state index contributed by atoms with van der Waals surface area (Å²) in [7, 11) is 3.52. The van der Waals surface area contributed by atoms with E-state index in [1.807, 2.05) is 70.3 Å². The molecule has 3 aromatic rings. The Labute approximate surface area is 183 Å². The molecule has 1 N–H and O–H groups in total. The van der Waals surface area contributed by atoms with Gasteiger partial charge in [0, 0.05) is 29.9 Å². The van der Waals surface area contributed by atoms with Crippen LogP contribution in [0.2, 0.25) is 0 Å². The molecule has 1 atom stereocenters. The van der Waals surface area contributed by atoms with Crippen LogP contribution in [-0.2, 0) is 18.4 Å². The van der Waals surface area contributed by atoms with E-state index >= 15 is 0 Å². The predicted molar refractivity (Wildman–Crippen MR) is 122 cm³/mol. The zero-order valence-electron chi connectivity index (χ0n) is 18.7. The first kappa shape index (κ1) is 22.2. The van der Waals surface area contributed by atoms with Crippen molar-refractivity contribution in [1.29, 1.82) is 0 Å². The lowest BCUT2D eigenvalue weighted by Crippen LogP contribution is -2.25. The van der Waals surface area contributed by atoms with Crippen molar-refractivity contribution in [2.45, 2.75) is 33.4 Å². The van der Waals surface area contributed by atoms with Crippen LogP contribution in [0, 0.1) is 13.8 Å². The molecule has 0 aliphatic rings. The van der Waals surface area contributed by atoms with Gasteiger partial charge in [0.15, 0.2) is 0 Å². The molecule has 2 aromatic carbocycles. The third-order valence-corrected chi connectivity index (χ3v) is 5.25. The van der Waals surface area contributed by atoms with Gasteiger partial charge in [-0.2, -0.15) is 5.10 Å². The number of hydrogen-bond donors (Lipinski definition) is 1. The monoisotopic (exact) mass is 419 g/mol. The van der Waals surface area contributed by atoms with Crippen LogP contribution in [0.1, 0.15) is 40.9 Å². The van der Waals surface area contributed by atoms with Gasteiger partial charge in [-0.05, 0) is 56.7 Å². The molecule has 31 heavy (non-hydrogen) atoms. The molecule has 0 saturated heterocycles. The van der Waals surface area contributed by atoms with Crippen molar-refractivity contribution in [3.63, 3.8) is 0 Å². The molecular weight excluding hydrogens is 390 g/mol. The summed E-state index contributed by atoms with van der Waals surface area (Å²) < 4.78 is 13.1. The second kappa shape index (κ2) is 9.98. The molecule has 1 heterocycles. The van der Waals surface area contributed by atoms with Gasteiger partial charge in [0.25, 0.3) is 0 Å². The standard InChI is InChI=1S/C25H29N3O3/c1-17-6-10-22(11-7-17)31-16-21-14-20(8-12-24(21)30-5)9-13-25(29)27-18(2)23-15-26-28(4)19(23)3/h6-15,18H,16H2,1-5H3,(H,27,29)/b13-9+. The van der Waals surface area contributed by atoms with E-state index in [0.717, 1.165) is 33.9 Å². The quantitative estimate of drug-likeness (QED) is 0.546. The van der Waals surface area contributed by atoms with Crippen molar-refractivity contribution in [1.82, 2.24) is 15.1 Å². The zero-order chi connectivity index (χ0) is 22.4. The molecular formula is C25H29N3O3. The van der Waals surface area contributed by atoms with E-state index in [9.17, 15) is 4.79 Å². The van der Waals surface area contributed by atoms with E-state index in [4.69, 9.17) is 9.47 Å². The maximum absolute atomic E-state index is 12.4. The van der Waals surface area contributed by atoms with Gasteiger partial charge in [0.1, 0.15) is 18.1 Å².